The van der Waals surface area contributed by atoms with Gasteiger partial charge in [-0.3, -0.25) is 0 Å². The number of aliphatic hydroxyl groups is 2. The number of fused-ring (bicyclic) bond motifs is 1. The zero-order valence-corrected chi connectivity index (χ0v) is 30.0. The summed E-state index contributed by atoms with van der Waals surface area (Å²) in [6.07, 6.45) is 16.1. The van der Waals surface area contributed by atoms with Crippen LogP contribution in [-0.4, -0.2) is 68.9 Å². The van der Waals surface area contributed by atoms with Gasteiger partial charge in [-0.15, -0.1) is 0 Å². The molecule has 8 atom stereocenters. The first-order valence-electron chi connectivity index (χ1n) is 16.6. The van der Waals surface area contributed by atoms with Crippen molar-refractivity contribution in [1.82, 2.24) is 0 Å². The van der Waals surface area contributed by atoms with E-state index in [-0.39, 0.29) is 12.2 Å². The predicted octanol–water partition coefficient (Wildman–Crippen LogP) is 6.82. The number of aliphatic hydroxyl groups excluding tert-OH is 2. The Morgan fingerprint density at radius 2 is 1.05 bits per heavy atom. The maximum absolute atomic E-state index is 10.3. The lowest BCUT2D eigenvalue weighted by Gasteiger charge is -2.50. The smallest absolute Gasteiger partial charge is 0.317 e. The Morgan fingerprint density at radius 3 is 1.62 bits per heavy atom. The first kappa shape index (κ1) is 32.0. The van der Waals surface area contributed by atoms with E-state index < -0.39 is 34.2 Å². The molecule has 40 heavy (non-hydrogen) atoms. The Morgan fingerprint density at radius 1 is 0.525 bits per heavy atom. The molecule has 2 saturated heterocycles. The van der Waals surface area contributed by atoms with E-state index in [1.54, 1.807) is 0 Å². The Hall–Kier alpha value is 0.588. The summed E-state index contributed by atoms with van der Waals surface area (Å²) in [5.41, 5.74) is 0. The zero-order valence-electron chi connectivity index (χ0n) is 26.0. The van der Waals surface area contributed by atoms with Crippen LogP contribution < -0.4 is 0 Å². The molecule has 0 amide bonds. The van der Waals surface area contributed by atoms with Crippen LogP contribution in [0.2, 0.25) is 50.9 Å². The second-order valence-electron chi connectivity index (χ2n) is 15.1. The minimum absolute atomic E-state index is 0.113. The molecule has 0 aromatic carbocycles. The van der Waals surface area contributed by atoms with Crippen LogP contribution in [0.5, 0.6) is 0 Å². The Kier molecular flexibility index (Phi) is 10.3. The summed E-state index contributed by atoms with van der Waals surface area (Å²) in [6, 6.07) is 2.95. The van der Waals surface area contributed by atoms with Crippen molar-refractivity contribution in [3.05, 3.63) is 0 Å². The van der Waals surface area contributed by atoms with Gasteiger partial charge in [0.1, 0.15) is 0 Å². The van der Waals surface area contributed by atoms with Crippen LogP contribution in [0.3, 0.4) is 0 Å². The molecule has 3 aliphatic carbocycles. The quantitative estimate of drug-likeness (QED) is 0.213. The fraction of sp³-hybridized carbons (Fsp3) is 1.00. The molecule has 11 heteroatoms. The molecule has 2 heterocycles. The topological polar surface area (TPSA) is 89.9 Å². The average molecular weight is 631 g/mol. The summed E-state index contributed by atoms with van der Waals surface area (Å²) in [5.74, 6) is 1.92. The van der Waals surface area contributed by atoms with Gasteiger partial charge in [0.2, 0.25) is 0 Å². The molecule has 2 aliphatic heterocycles. The molecule has 0 spiro atoms. The van der Waals surface area contributed by atoms with E-state index in [1.807, 2.05) is 0 Å². The molecular formula is C29H58O7Si4. The molecule has 0 bridgehead atoms. The minimum atomic E-state index is -2.58. The van der Waals surface area contributed by atoms with E-state index >= 15 is 0 Å². The van der Waals surface area contributed by atoms with Gasteiger partial charge in [-0.05, 0) is 146 Å². The van der Waals surface area contributed by atoms with Crippen molar-refractivity contribution in [2.45, 2.75) is 165 Å². The standard InChI is InChI=1S/C29H58O7Si4/c1-37(2)33-38(3,18-15-23-9-12-26(30)13-10-23)35-40(5,20-17-25-11-14-28-29(22-25)32-28)36-39(4,34-37)19-16-24-7-6-8-27(31)21-24/h23-31H,6-22H2,1-5H3. The molecule has 5 rings (SSSR count). The van der Waals surface area contributed by atoms with Gasteiger partial charge in [-0.1, -0.05) is 12.8 Å². The minimum Gasteiger partial charge on any atom is -0.416 e. The summed E-state index contributed by atoms with van der Waals surface area (Å²) in [5, 5.41) is 20.3. The lowest BCUT2D eigenvalue weighted by atomic mass is 9.86. The van der Waals surface area contributed by atoms with Crippen molar-refractivity contribution < 1.29 is 31.4 Å². The second-order valence-corrected chi connectivity index (χ2v) is 29.4. The van der Waals surface area contributed by atoms with E-state index in [1.165, 1.54) is 25.7 Å². The van der Waals surface area contributed by atoms with Gasteiger partial charge in [0.15, 0.2) is 0 Å². The van der Waals surface area contributed by atoms with Crippen LogP contribution >= 0.6 is 0 Å². The molecule has 3 saturated carbocycles. The summed E-state index contributed by atoms with van der Waals surface area (Å²) in [4.78, 5) is 0. The van der Waals surface area contributed by atoms with E-state index in [4.69, 9.17) is 21.2 Å². The molecule has 5 fully saturated rings. The first-order chi connectivity index (χ1) is 18.8. The van der Waals surface area contributed by atoms with Gasteiger partial charge in [-0.2, -0.15) is 0 Å². The van der Waals surface area contributed by atoms with Crippen molar-refractivity contribution in [2.75, 3.05) is 0 Å². The second kappa shape index (κ2) is 12.9. The van der Waals surface area contributed by atoms with Crippen molar-refractivity contribution >= 4 is 34.2 Å². The van der Waals surface area contributed by atoms with Gasteiger partial charge < -0.3 is 31.4 Å². The van der Waals surface area contributed by atoms with E-state index in [0.717, 1.165) is 82.3 Å². The van der Waals surface area contributed by atoms with E-state index in [9.17, 15) is 10.2 Å². The third-order valence-corrected chi connectivity index (χ3v) is 28.4. The number of hydrogen-bond acceptors (Lipinski definition) is 7. The van der Waals surface area contributed by atoms with Crippen LogP contribution in [0.1, 0.15) is 89.9 Å². The molecule has 0 radical (unpaired) electrons. The van der Waals surface area contributed by atoms with Crippen LogP contribution in [0, 0.1) is 17.8 Å². The van der Waals surface area contributed by atoms with Crippen molar-refractivity contribution in [2.24, 2.45) is 17.8 Å². The summed E-state index contributed by atoms with van der Waals surface area (Å²) in [7, 11) is -10.1. The Labute approximate surface area is 248 Å². The fourth-order valence-electron chi connectivity index (χ4n) is 8.45. The van der Waals surface area contributed by atoms with Crippen LogP contribution in [0.25, 0.3) is 0 Å². The number of epoxide rings is 1. The Bertz CT molecular complexity index is 845. The molecular weight excluding hydrogens is 573 g/mol. The van der Waals surface area contributed by atoms with Crippen LogP contribution in [-0.2, 0) is 21.2 Å². The normalized spacial score (nSPS) is 47.6. The largest absolute Gasteiger partial charge is 0.416 e. The average Bonchev–Trinajstić information content (AvgIpc) is 3.64. The zero-order chi connectivity index (χ0) is 28.6. The molecule has 232 valence electrons. The Balaban J connectivity index is 1.29. The van der Waals surface area contributed by atoms with Crippen molar-refractivity contribution in [3.63, 3.8) is 0 Å². The van der Waals surface area contributed by atoms with Crippen LogP contribution in [0.15, 0.2) is 0 Å². The predicted molar refractivity (Wildman–Crippen MR) is 167 cm³/mol. The SMILES string of the molecule is C[Si]1(C)O[Si](C)(CCC2CCC(O)CC2)O[Si](C)(CCC2CCC3OC3C2)O[Si](C)(CCC2CCCC(O)C2)O1. The lowest BCUT2D eigenvalue weighted by molar-refractivity contribution is 0.0987. The first-order valence-corrected chi connectivity index (χ1v) is 27.0. The van der Waals surface area contributed by atoms with Crippen LogP contribution in [0.4, 0.5) is 0 Å². The van der Waals surface area contributed by atoms with Gasteiger partial charge in [0, 0.05) is 0 Å². The lowest BCUT2D eigenvalue weighted by Crippen LogP contribution is -2.66. The fourth-order valence-corrected chi connectivity index (χ4v) is 31.5. The highest BCUT2D eigenvalue weighted by Gasteiger charge is 2.56. The highest BCUT2D eigenvalue weighted by Crippen LogP contribution is 2.44. The monoisotopic (exact) mass is 630 g/mol. The van der Waals surface area contributed by atoms with Gasteiger partial charge in [0.25, 0.3) is 0 Å². The molecule has 2 N–H and O–H groups in total. The summed E-state index contributed by atoms with van der Waals surface area (Å²) >= 11 is 0. The highest BCUT2D eigenvalue weighted by molar-refractivity contribution is 6.93. The molecule has 0 aromatic heterocycles. The van der Waals surface area contributed by atoms with Gasteiger partial charge >= 0.3 is 34.2 Å². The molecule has 8 unspecified atom stereocenters. The summed E-state index contributed by atoms with van der Waals surface area (Å²) < 4.78 is 34.7. The molecule has 7 nitrogen and oxygen atoms in total. The maximum Gasteiger partial charge on any atom is 0.317 e. The highest BCUT2D eigenvalue weighted by atomic mass is 28.5. The third kappa shape index (κ3) is 9.06. The number of ether oxygens (including phenoxy) is 1. The number of hydrogen-bond donors (Lipinski definition) is 2. The third-order valence-electron chi connectivity index (χ3n) is 10.5. The molecule has 0 aromatic rings. The maximum atomic E-state index is 10.3. The number of rotatable bonds is 9. The van der Waals surface area contributed by atoms with E-state index in [0.29, 0.717) is 30.0 Å². The van der Waals surface area contributed by atoms with Gasteiger partial charge in [0.05, 0.1) is 24.4 Å². The molecule has 5 aliphatic rings. The van der Waals surface area contributed by atoms with Crippen molar-refractivity contribution in [1.29, 1.82) is 0 Å². The van der Waals surface area contributed by atoms with Crippen molar-refractivity contribution in [3.8, 4) is 0 Å². The van der Waals surface area contributed by atoms with Gasteiger partial charge in [-0.25, -0.2) is 0 Å². The van der Waals surface area contributed by atoms with E-state index in [2.05, 4.69) is 32.7 Å². The summed E-state index contributed by atoms with van der Waals surface area (Å²) in [6.45, 7) is 11.3.